The van der Waals surface area contributed by atoms with Crippen LogP contribution in [0.2, 0.25) is 0 Å². The van der Waals surface area contributed by atoms with Gasteiger partial charge in [0.25, 0.3) is 5.91 Å². The van der Waals surface area contributed by atoms with Crippen LogP contribution in [-0.2, 0) is 16.3 Å². The predicted octanol–water partition coefficient (Wildman–Crippen LogP) is 2.11. The lowest BCUT2D eigenvalue weighted by atomic mass is 9.99. The zero-order valence-electron chi connectivity index (χ0n) is 11.4. The van der Waals surface area contributed by atoms with E-state index in [0.29, 0.717) is 19.5 Å². The highest BCUT2D eigenvalue weighted by Gasteiger charge is 2.25. The van der Waals surface area contributed by atoms with Crippen molar-refractivity contribution < 1.29 is 13.2 Å². The average Bonchev–Trinajstić information content (AvgIpc) is 2.38. The van der Waals surface area contributed by atoms with Gasteiger partial charge < -0.3 is 4.90 Å². The maximum absolute atomic E-state index is 12.4. The fourth-order valence-electron chi connectivity index (χ4n) is 2.37. The molecule has 0 fully saturated rings. The molecule has 0 unspecified atom stereocenters. The minimum Gasteiger partial charge on any atom is -0.337 e. The molecule has 4 nitrogen and oxygen atoms in total. The number of rotatable bonds is 5. The molecular formula is C14H18INO3S. The van der Waals surface area contributed by atoms with Gasteiger partial charge in [-0.15, -0.1) is 0 Å². The summed E-state index contributed by atoms with van der Waals surface area (Å²) in [7, 11) is -3.04. The van der Waals surface area contributed by atoms with Crippen molar-refractivity contribution >= 4 is 38.3 Å². The number of hydrogen-bond acceptors (Lipinski definition) is 3. The smallest absolute Gasteiger partial charge is 0.254 e. The van der Waals surface area contributed by atoms with Crippen molar-refractivity contribution in [1.29, 1.82) is 0 Å². The second kappa shape index (κ2) is 6.43. The van der Waals surface area contributed by atoms with Crippen LogP contribution in [0.4, 0.5) is 0 Å². The molecule has 110 valence electrons. The highest BCUT2D eigenvalue weighted by Crippen LogP contribution is 2.21. The quantitative estimate of drug-likeness (QED) is 0.703. The summed E-state index contributed by atoms with van der Waals surface area (Å²) >= 11 is 2.18. The Morgan fingerprint density at radius 2 is 2.05 bits per heavy atom. The topological polar surface area (TPSA) is 54.5 Å². The van der Waals surface area contributed by atoms with E-state index in [1.54, 1.807) is 4.90 Å². The van der Waals surface area contributed by atoms with Crippen molar-refractivity contribution in [2.45, 2.75) is 19.8 Å². The van der Waals surface area contributed by atoms with E-state index in [0.717, 1.165) is 21.1 Å². The van der Waals surface area contributed by atoms with Gasteiger partial charge in [-0.05, 0) is 53.1 Å². The Morgan fingerprint density at radius 3 is 2.75 bits per heavy atom. The van der Waals surface area contributed by atoms with Crippen LogP contribution in [0.5, 0.6) is 0 Å². The van der Waals surface area contributed by atoms with Gasteiger partial charge in [0.1, 0.15) is 0 Å². The molecule has 0 saturated carbocycles. The number of halogens is 1. The molecule has 1 heterocycles. The second-order valence-corrected chi connectivity index (χ2v) is 8.54. The molecule has 1 aliphatic heterocycles. The number of benzene rings is 1. The van der Waals surface area contributed by atoms with E-state index in [1.807, 2.05) is 25.1 Å². The molecule has 6 heteroatoms. The molecule has 0 radical (unpaired) electrons. The molecule has 0 bridgehead atoms. The molecule has 2 rings (SSSR count). The van der Waals surface area contributed by atoms with Crippen molar-refractivity contribution in [3.05, 3.63) is 32.9 Å². The van der Waals surface area contributed by atoms with Gasteiger partial charge in [0, 0.05) is 28.0 Å². The van der Waals surface area contributed by atoms with Gasteiger partial charge in [0.2, 0.25) is 0 Å². The van der Waals surface area contributed by atoms with Gasteiger partial charge in [-0.2, -0.15) is 0 Å². The van der Waals surface area contributed by atoms with Crippen molar-refractivity contribution in [2.24, 2.45) is 0 Å². The van der Waals surface area contributed by atoms with Crippen molar-refractivity contribution in [3.8, 4) is 0 Å². The molecular weight excluding hydrogens is 389 g/mol. The molecule has 1 aromatic rings. The number of nitrogens with zero attached hydrogens (tertiary/aromatic N) is 1. The molecule has 0 saturated heterocycles. The molecule has 20 heavy (non-hydrogen) atoms. The number of hydrogen-bond donors (Lipinski definition) is 0. The molecule has 1 amide bonds. The minimum atomic E-state index is -3.04. The lowest BCUT2D eigenvalue weighted by molar-refractivity contribution is 0.0750. The number of amides is 1. The lowest BCUT2D eigenvalue weighted by Gasteiger charge is -2.28. The highest BCUT2D eigenvalue weighted by atomic mass is 127. The van der Waals surface area contributed by atoms with Crippen molar-refractivity contribution in [2.75, 3.05) is 24.6 Å². The molecule has 0 aliphatic carbocycles. The maximum Gasteiger partial charge on any atom is 0.254 e. The Kier molecular flexibility index (Phi) is 5.06. The minimum absolute atomic E-state index is 0.0449. The molecule has 1 aromatic carbocycles. The van der Waals surface area contributed by atoms with Crippen LogP contribution in [0, 0.1) is 3.57 Å². The van der Waals surface area contributed by atoms with Crippen LogP contribution in [0.25, 0.3) is 0 Å². The predicted molar refractivity (Wildman–Crippen MR) is 87.7 cm³/mol. The fraction of sp³-hybridized carbons (Fsp3) is 0.500. The first kappa shape index (κ1) is 15.8. The van der Waals surface area contributed by atoms with E-state index >= 15 is 0 Å². The molecule has 1 aliphatic rings. The summed E-state index contributed by atoms with van der Waals surface area (Å²) in [6, 6.07) is 5.86. The van der Waals surface area contributed by atoms with Crippen LogP contribution in [0.3, 0.4) is 0 Å². The standard InChI is InChI=1S/C14H18INO3S/c1-2-8-20(18,19)9-7-16-6-5-11-3-4-12(15)10-13(11)14(16)17/h3-4,10H,2,5-9H2,1H3. The third-order valence-corrected chi connectivity index (χ3v) is 5.93. The maximum atomic E-state index is 12.4. The van der Waals surface area contributed by atoms with E-state index < -0.39 is 9.84 Å². The summed E-state index contributed by atoms with van der Waals surface area (Å²) in [6.07, 6.45) is 1.42. The Morgan fingerprint density at radius 1 is 1.30 bits per heavy atom. The Hall–Kier alpha value is -0.630. The number of fused-ring (bicyclic) bond motifs is 1. The second-order valence-electron chi connectivity index (χ2n) is 5.00. The van der Waals surface area contributed by atoms with Gasteiger partial charge in [-0.25, -0.2) is 8.42 Å². The summed E-state index contributed by atoms with van der Waals surface area (Å²) in [4.78, 5) is 14.0. The first-order valence-electron chi connectivity index (χ1n) is 6.71. The SMILES string of the molecule is CCCS(=O)(=O)CCN1CCc2ccc(I)cc2C1=O. The molecule has 0 N–H and O–H groups in total. The van der Waals surface area contributed by atoms with Crippen LogP contribution >= 0.6 is 22.6 Å². The van der Waals surface area contributed by atoms with Gasteiger partial charge in [0.15, 0.2) is 9.84 Å². The number of carbonyl (C=O) groups is 1. The van der Waals surface area contributed by atoms with Crippen LogP contribution < -0.4 is 0 Å². The summed E-state index contributed by atoms with van der Waals surface area (Å²) in [6.45, 7) is 2.75. The van der Waals surface area contributed by atoms with Crippen LogP contribution in [0.1, 0.15) is 29.3 Å². The van der Waals surface area contributed by atoms with Crippen molar-refractivity contribution in [3.63, 3.8) is 0 Å². The third kappa shape index (κ3) is 3.72. The molecule has 0 aromatic heterocycles. The van der Waals surface area contributed by atoms with Gasteiger partial charge in [-0.3, -0.25) is 4.79 Å². The van der Waals surface area contributed by atoms with E-state index in [9.17, 15) is 13.2 Å². The van der Waals surface area contributed by atoms with E-state index in [2.05, 4.69) is 22.6 Å². The van der Waals surface area contributed by atoms with Crippen LogP contribution in [0.15, 0.2) is 18.2 Å². The monoisotopic (exact) mass is 407 g/mol. The van der Waals surface area contributed by atoms with E-state index in [-0.39, 0.29) is 17.4 Å². The van der Waals surface area contributed by atoms with E-state index in [1.165, 1.54) is 0 Å². The van der Waals surface area contributed by atoms with Crippen LogP contribution in [-0.4, -0.2) is 43.8 Å². The first-order chi connectivity index (χ1) is 9.43. The lowest BCUT2D eigenvalue weighted by Crippen LogP contribution is -2.40. The van der Waals surface area contributed by atoms with Gasteiger partial charge in [-0.1, -0.05) is 13.0 Å². The first-order valence-corrected chi connectivity index (χ1v) is 9.61. The Balaban J connectivity index is 2.08. The average molecular weight is 407 g/mol. The summed E-state index contributed by atoms with van der Waals surface area (Å²) in [5.74, 6) is 0.214. The van der Waals surface area contributed by atoms with Gasteiger partial charge in [0.05, 0.1) is 5.75 Å². The van der Waals surface area contributed by atoms with E-state index in [4.69, 9.17) is 0 Å². The number of carbonyl (C=O) groups excluding carboxylic acids is 1. The molecule has 0 atom stereocenters. The summed E-state index contributed by atoms with van der Waals surface area (Å²) < 4.78 is 24.5. The Bertz CT molecular complexity index is 613. The largest absolute Gasteiger partial charge is 0.337 e. The Labute approximate surface area is 133 Å². The zero-order chi connectivity index (χ0) is 14.8. The third-order valence-electron chi connectivity index (χ3n) is 3.43. The zero-order valence-corrected chi connectivity index (χ0v) is 14.4. The number of sulfone groups is 1. The van der Waals surface area contributed by atoms with Crippen molar-refractivity contribution in [1.82, 2.24) is 4.90 Å². The normalized spacial score (nSPS) is 15.3. The van der Waals surface area contributed by atoms with Gasteiger partial charge >= 0.3 is 0 Å². The molecule has 0 spiro atoms. The highest BCUT2D eigenvalue weighted by molar-refractivity contribution is 14.1. The summed E-state index contributed by atoms with van der Waals surface area (Å²) in [5.41, 5.74) is 1.78. The summed E-state index contributed by atoms with van der Waals surface area (Å²) in [5, 5.41) is 0. The fourth-order valence-corrected chi connectivity index (χ4v) is 4.18.